The van der Waals surface area contributed by atoms with Crippen LogP contribution in [0.4, 0.5) is 25.8 Å². The average molecular weight is 434 g/mol. The second-order valence-electron chi connectivity index (χ2n) is 5.87. The van der Waals surface area contributed by atoms with E-state index in [2.05, 4.69) is 5.32 Å². The molecule has 1 aliphatic heterocycles. The molecule has 0 aliphatic carbocycles. The van der Waals surface area contributed by atoms with Crippen molar-refractivity contribution in [3.63, 3.8) is 0 Å². The summed E-state index contributed by atoms with van der Waals surface area (Å²) in [7, 11) is -4.19. The van der Waals surface area contributed by atoms with E-state index in [0.29, 0.717) is 23.1 Å². The number of benzene rings is 2. The first-order valence-corrected chi connectivity index (χ1v) is 10.0. The first-order valence-electron chi connectivity index (χ1n) is 8.63. The lowest BCUT2D eigenvalue weighted by molar-refractivity contribution is 0.144. The van der Waals surface area contributed by atoms with Crippen LogP contribution in [0.1, 0.15) is 6.92 Å². The Hall–Kier alpha value is -1.94. The van der Waals surface area contributed by atoms with Crippen LogP contribution in [-0.2, 0) is 14.9 Å². The standard InChI is InChI=1S/C18H21F2N3O3S.ClH/c1-2-21-10-12-26-13-11-22-16-8-3-4-9-17(16)23(27(22,24)25)18-14(19)6-5-7-15(18)20;/h3-9,21H,2,10-13H2,1H3;1H. The highest BCUT2D eigenvalue weighted by atomic mass is 35.5. The van der Waals surface area contributed by atoms with E-state index in [9.17, 15) is 17.2 Å². The van der Waals surface area contributed by atoms with Crippen LogP contribution >= 0.6 is 12.4 Å². The number of hydrogen-bond donors (Lipinski definition) is 1. The minimum absolute atomic E-state index is 0. The van der Waals surface area contributed by atoms with Gasteiger partial charge in [-0.1, -0.05) is 25.1 Å². The van der Waals surface area contributed by atoms with Crippen LogP contribution in [0.15, 0.2) is 42.5 Å². The molecular weight excluding hydrogens is 412 g/mol. The molecule has 0 saturated carbocycles. The summed E-state index contributed by atoms with van der Waals surface area (Å²) in [6.07, 6.45) is 0. The molecule has 0 saturated heterocycles. The first-order chi connectivity index (χ1) is 13.0. The van der Waals surface area contributed by atoms with Crippen LogP contribution < -0.4 is 13.9 Å². The lowest BCUT2D eigenvalue weighted by Crippen LogP contribution is -2.38. The summed E-state index contributed by atoms with van der Waals surface area (Å²) < 4.78 is 62.0. The molecule has 1 N–H and O–H groups in total. The first kappa shape index (κ1) is 22.4. The van der Waals surface area contributed by atoms with E-state index in [1.165, 1.54) is 12.1 Å². The van der Waals surface area contributed by atoms with Gasteiger partial charge in [0.2, 0.25) is 0 Å². The van der Waals surface area contributed by atoms with Gasteiger partial charge in [0.05, 0.1) is 31.1 Å². The Kier molecular flexibility index (Phi) is 7.59. The number of anilines is 3. The van der Waals surface area contributed by atoms with Crippen molar-refractivity contribution in [3.8, 4) is 0 Å². The maximum absolute atomic E-state index is 14.3. The highest BCUT2D eigenvalue weighted by Gasteiger charge is 2.43. The van der Waals surface area contributed by atoms with E-state index < -0.39 is 27.5 Å². The van der Waals surface area contributed by atoms with Crippen LogP contribution in [0.25, 0.3) is 0 Å². The molecule has 0 amide bonds. The number of hydrogen-bond acceptors (Lipinski definition) is 4. The van der Waals surface area contributed by atoms with Crippen LogP contribution in [-0.4, -0.2) is 41.3 Å². The Morgan fingerprint density at radius 1 is 1.00 bits per heavy atom. The van der Waals surface area contributed by atoms with Crippen molar-refractivity contribution in [1.82, 2.24) is 5.32 Å². The molecule has 2 aromatic carbocycles. The number of nitrogens with one attached hydrogen (secondary N) is 1. The smallest absolute Gasteiger partial charge is 0.331 e. The number of halogens is 3. The number of nitrogens with zero attached hydrogens (tertiary/aromatic N) is 2. The molecule has 10 heteroatoms. The Bertz CT molecular complexity index is 894. The van der Waals surface area contributed by atoms with E-state index in [4.69, 9.17) is 4.74 Å². The topological polar surface area (TPSA) is 61.9 Å². The van der Waals surface area contributed by atoms with Crippen molar-refractivity contribution >= 4 is 39.7 Å². The zero-order chi connectivity index (χ0) is 19.4. The molecule has 1 aliphatic rings. The van der Waals surface area contributed by atoms with Crippen LogP contribution in [0, 0.1) is 11.6 Å². The number of rotatable bonds is 8. The summed E-state index contributed by atoms with van der Waals surface area (Å²) in [6.45, 7) is 4.09. The molecule has 0 radical (unpaired) electrons. The fourth-order valence-electron chi connectivity index (χ4n) is 2.92. The van der Waals surface area contributed by atoms with E-state index in [1.807, 2.05) is 6.92 Å². The lowest BCUT2D eigenvalue weighted by Gasteiger charge is -2.22. The van der Waals surface area contributed by atoms with Gasteiger partial charge in [0.15, 0.2) is 11.6 Å². The number of ether oxygens (including phenoxy) is 1. The summed E-state index contributed by atoms with van der Waals surface area (Å²) in [5.41, 5.74) is -0.0508. The number of fused-ring (bicyclic) bond motifs is 1. The van der Waals surface area contributed by atoms with Gasteiger partial charge in [-0.25, -0.2) is 17.4 Å². The molecule has 2 aromatic rings. The largest absolute Gasteiger partial charge is 0.378 e. The zero-order valence-electron chi connectivity index (χ0n) is 15.3. The third-order valence-electron chi connectivity index (χ3n) is 4.13. The van der Waals surface area contributed by atoms with Crippen molar-refractivity contribution in [1.29, 1.82) is 0 Å². The molecule has 28 heavy (non-hydrogen) atoms. The van der Waals surface area contributed by atoms with Gasteiger partial charge >= 0.3 is 10.2 Å². The van der Waals surface area contributed by atoms with Gasteiger partial charge in [-0.15, -0.1) is 12.4 Å². The van der Waals surface area contributed by atoms with Gasteiger partial charge in [-0.3, -0.25) is 0 Å². The predicted octanol–water partition coefficient (Wildman–Crippen LogP) is 3.22. The normalized spacial score (nSPS) is 14.7. The fraction of sp³-hybridized carbons (Fsp3) is 0.333. The minimum Gasteiger partial charge on any atom is -0.378 e. The molecule has 0 spiro atoms. The summed E-state index contributed by atoms with van der Waals surface area (Å²) in [5, 5.41) is 3.10. The Labute approximate surface area is 169 Å². The molecular formula is C18H22ClF2N3O3S. The molecule has 3 rings (SSSR count). The van der Waals surface area contributed by atoms with Crippen LogP contribution in [0.2, 0.25) is 0 Å². The highest BCUT2D eigenvalue weighted by Crippen LogP contribution is 2.46. The molecule has 0 atom stereocenters. The quantitative estimate of drug-likeness (QED) is 0.649. The maximum atomic E-state index is 14.3. The second-order valence-corrected chi connectivity index (χ2v) is 7.57. The Balaban J connectivity index is 0.00000280. The Morgan fingerprint density at radius 2 is 1.64 bits per heavy atom. The molecule has 0 unspecified atom stereocenters. The van der Waals surface area contributed by atoms with Crippen LogP contribution in [0.3, 0.4) is 0 Å². The van der Waals surface area contributed by atoms with Crippen molar-refractivity contribution in [2.24, 2.45) is 0 Å². The van der Waals surface area contributed by atoms with Crippen molar-refractivity contribution in [2.75, 3.05) is 41.5 Å². The second kappa shape index (κ2) is 9.51. The van der Waals surface area contributed by atoms with Gasteiger partial charge < -0.3 is 10.1 Å². The van der Waals surface area contributed by atoms with Gasteiger partial charge in [-0.05, 0) is 30.8 Å². The van der Waals surface area contributed by atoms with Crippen molar-refractivity contribution in [3.05, 3.63) is 54.1 Å². The van der Waals surface area contributed by atoms with Gasteiger partial charge in [-0.2, -0.15) is 8.42 Å². The SMILES string of the molecule is CCNCCOCCN1c2ccccc2N(c2c(F)cccc2F)S1(=O)=O.Cl. The number of likely N-dealkylation sites (N-methyl/N-ethyl adjacent to an activating group) is 1. The monoisotopic (exact) mass is 433 g/mol. The molecule has 0 bridgehead atoms. The average Bonchev–Trinajstić information content (AvgIpc) is 2.85. The lowest BCUT2D eigenvalue weighted by atomic mass is 10.2. The summed E-state index contributed by atoms with van der Waals surface area (Å²) >= 11 is 0. The van der Waals surface area contributed by atoms with E-state index in [0.717, 1.165) is 23.0 Å². The summed E-state index contributed by atoms with van der Waals surface area (Å²) in [6, 6.07) is 9.67. The predicted molar refractivity (Wildman–Crippen MR) is 108 cm³/mol. The van der Waals surface area contributed by atoms with Crippen molar-refractivity contribution in [2.45, 2.75) is 6.92 Å². The van der Waals surface area contributed by atoms with Gasteiger partial charge in [0.25, 0.3) is 0 Å². The molecule has 1 heterocycles. The van der Waals surface area contributed by atoms with E-state index >= 15 is 0 Å². The Morgan fingerprint density at radius 3 is 2.29 bits per heavy atom. The molecule has 0 aromatic heterocycles. The molecule has 0 fully saturated rings. The zero-order valence-corrected chi connectivity index (χ0v) is 16.9. The number of para-hydroxylation sites is 3. The van der Waals surface area contributed by atoms with Gasteiger partial charge in [0.1, 0.15) is 5.69 Å². The van der Waals surface area contributed by atoms with Crippen molar-refractivity contribution < 1.29 is 21.9 Å². The summed E-state index contributed by atoms with van der Waals surface area (Å²) in [5.74, 6) is -1.89. The van der Waals surface area contributed by atoms with Gasteiger partial charge in [0, 0.05) is 6.54 Å². The minimum atomic E-state index is -4.19. The summed E-state index contributed by atoms with van der Waals surface area (Å²) in [4.78, 5) is 0. The third-order valence-corrected chi connectivity index (χ3v) is 5.91. The fourth-order valence-corrected chi connectivity index (χ4v) is 4.63. The third kappa shape index (κ3) is 4.22. The van der Waals surface area contributed by atoms with E-state index in [-0.39, 0.29) is 31.2 Å². The highest BCUT2D eigenvalue weighted by molar-refractivity contribution is 7.95. The molecule has 154 valence electrons. The van der Waals surface area contributed by atoms with Crippen LogP contribution in [0.5, 0.6) is 0 Å². The van der Waals surface area contributed by atoms with E-state index in [1.54, 1.807) is 18.2 Å². The maximum Gasteiger partial charge on any atom is 0.331 e. The molecule has 6 nitrogen and oxygen atoms in total.